The summed E-state index contributed by atoms with van der Waals surface area (Å²) in [6.07, 6.45) is 5.32. The Balaban J connectivity index is 2.02. The largest absolute Gasteiger partial charge is 0.111 e. The number of hydrogen-bond donors (Lipinski definition) is 0. The van der Waals surface area contributed by atoms with Crippen LogP contribution in [0.15, 0.2) is 6.07 Å². The summed E-state index contributed by atoms with van der Waals surface area (Å²) >= 11 is 17.1. The normalized spacial score (nSPS) is 19.4. The maximum atomic E-state index is 6.09. The van der Waals surface area contributed by atoms with Gasteiger partial charge in [0.2, 0.25) is 0 Å². The second-order valence-electron chi connectivity index (χ2n) is 3.78. The number of thiophene rings is 1. The van der Waals surface area contributed by atoms with Gasteiger partial charge in [-0.2, -0.15) is 0 Å². The van der Waals surface area contributed by atoms with Crippen LogP contribution < -0.4 is 0 Å². The van der Waals surface area contributed by atoms with Crippen LogP contribution in [0.2, 0.25) is 8.67 Å². The van der Waals surface area contributed by atoms with Crippen molar-refractivity contribution in [3.8, 4) is 0 Å². The second-order valence-corrected chi connectivity index (χ2v) is 7.17. The van der Waals surface area contributed by atoms with Gasteiger partial charge in [-0.1, -0.05) is 58.4 Å². The molecule has 1 aromatic heterocycles. The van der Waals surface area contributed by atoms with Crippen molar-refractivity contribution in [3.05, 3.63) is 20.3 Å². The Hall–Kier alpha value is 0.760. The first kappa shape index (κ1) is 11.3. The summed E-state index contributed by atoms with van der Waals surface area (Å²) in [6.45, 7) is 0. The van der Waals surface area contributed by atoms with E-state index in [0.29, 0.717) is 4.83 Å². The highest BCUT2D eigenvalue weighted by Crippen LogP contribution is 2.44. The first-order valence-electron chi connectivity index (χ1n) is 4.75. The van der Waals surface area contributed by atoms with Crippen LogP contribution in [-0.2, 0) is 0 Å². The van der Waals surface area contributed by atoms with Crippen LogP contribution >= 0.6 is 50.5 Å². The Kier molecular flexibility index (Phi) is 3.80. The van der Waals surface area contributed by atoms with Gasteiger partial charge in [0.25, 0.3) is 0 Å². The van der Waals surface area contributed by atoms with Crippen molar-refractivity contribution in [1.82, 2.24) is 0 Å². The van der Waals surface area contributed by atoms with Crippen molar-refractivity contribution in [1.29, 1.82) is 0 Å². The molecule has 1 saturated carbocycles. The van der Waals surface area contributed by atoms with E-state index < -0.39 is 0 Å². The molecule has 0 bridgehead atoms. The van der Waals surface area contributed by atoms with Gasteiger partial charge in [-0.3, -0.25) is 0 Å². The fourth-order valence-corrected chi connectivity index (χ4v) is 4.47. The third kappa shape index (κ3) is 2.46. The maximum absolute atomic E-state index is 6.09. The smallest absolute Gasteiger partial charge is 0.0987 e. The molecule has 0 spiro atoms. The van der Waals surface area contributed by atoms with Crippen molar-refractivity contribution in [2.75, 3.05) is 0 Å². The molecular weight excluding hydrogens is 303 g/mol. The Morgan fingerprint density at radius 3 is 2.64 bits per heavy atom. The standard InChI is InChI=1S/C10H11BrCl2S/c11-8(4-6-2-1-3-6)7-5-9(12)14-10(7)13/h5-6,8H,1-4H2. The van der Waals surface area contributed by atoms with Crippen LogP contribution in [0, 0.1) is 5.92 Å². The molecule has 14 heavy (non-hydrogen) atoms. The summed E-state index contributed by atoms with van der Waals surface area (Å²) in [7, 11) is 0. The zero-order valence-electron chi connectivity index (χ0n) is 7.60. The average molecular weight is 314 g/mol. The Labute approximate surface area is 107 Å². The molecule has 78 valence electrons. The van der Waals surface area contributed by atoms with E-state index in [1.807, 2.05) is 6.07 Å². The molecule has 1 fully saturated rings. The van der Waals surface area contributed by atoms with Crippen LogP contribution in [0.5, 0.6) is 0 Å². The van der Waals surface area contributed by atoms with Crippen LogP contribution in [-0.4, -0.2) is 0 Å². The Morgan fingerprint density at radius 1 is 1.50 bits per heavy atom. The topological polar surface area (TPSA) is 0 Å². The summed E-state index contributed by atoms with van der Waals surface area (Å²) < 4.78 is 1.61. The van der Waals surface area contributed by atoms with Crippen LogP contribution in [0.3, 0.4) is 0 Å². The zero-order chi connectivity index (χ0) is 10.1. The molecule has 1 unspecified atom stereocenters. The molecule has 0 amide bonds. The van der Waals surface area contributed by atoms with Crippen molar-refractivity contribution in [2.24, 2.45) is 5.92 Å². The zero-order valence-corrected chi connectivity index (χ0v) is 11.5. The van der Waals surface area contributed by atoms with E-state index in [4.69, 9.17) is 23.2 Å². The van der Waals surface area contributed by atoms with E-state index in [2.05, 4.69) is 15.9 Å². The van der Waals surface area contributed by atoms with Gasteiger partial charge in [-0.25, -0.2) is 0 Å². The van der Waals surface area contributed by atoms with Crippen LogP contribution in [0.1, 0.15) is 36.1 Å². The van der Waals surface area contributed by atoms with E-state index in [9.17, 15) is 0 Å². The minimum absolute atomic E-state index is 0.379. The lowest BCUT2D eigenvalue weighted by atomic mass is 9.81. The molecule has 1 aliphatic rings. The first-order chi connectivity index (χ1) is 6.66. The number of alkyl halides is 1. The van der Waals surface area contributed by atoms with E-state index >= 15 is 0 Å². The van der Waals surface area contributed by atoms with Gasteiger partial charge >= 0.3 is 0 Å². The predicted octanol–water partition coefficient (Wildman–Crippen LogP) is 5.68. The molecule has 0 radical (unpaired) electrons. The summed E-state index contributed by atoms with van der Waals surface area (Å²) in [5, 5.41) is 0. The highest BCUT2D eigenvalue weighted by Gasteiger charge is 2.23. The van der Waals surface area contributed by atoms with Gasteiger partial charge in [-0.15, -0.1) is 11.3 Å². The molecule has 2 rings (SSSR count). The Bertz CT molecular complexity index is 320. The van der Waals surface area contributed by atoms with Gasteiger partial charge in [0.05, 0.1) is 8.67 Å². The summed E-state index contributed by atoms with van der Waals surface area (Å²) in [4.78, 5) is 0.379. The number of rotatable bonds is 3. The van der Waals surface area contributed by atoms with Gasteiger partial charge in [0.1, 0.15) is 0 Å². The minimum atomic E-state index is 0.379. The van der Waals surface area contributed by atoms with E-state index in [-0.39, 0.29) is 0 Å². The molecular formula is C10H11BrCl2S. The number of hydrogen-bond acceptors (Lipinski definition) is 1. The van der Waals surface area contributed by atoms with Crippen molar-refractivity contribution in [2.45, 2.75) is 30.5 Å². The molecule has 1 heterocycles. The van der Waals surface area contributed by atoms with E-state index in [1.54, 1.807) is 0 Å². The second kappa shape index (κ2) is 4.73. The third-order valence-corrected chi connectivity index (χ3v) is 5.17. The maximum Gasteiger partial charge on any atom is 0.0987 e. The molecule has 0 saturated heterocycles. The molecule has 0 nitrogen and oxygen atoms in total. The first-order valence-corrected chi connectivity index (χ1v) is 7.24. The lowest BCUT2D eigenvalue weighted by Gasteiger charge is -2.27. The predicted molar refractivity (Wildman–Crippen MR) is 68.0 cm³/mol. The quantitative estimate of drug-likeness (QED) is 0.630. The lowest BCUT2D eigenvalue weighted by molar-refractivity contribution is 0.296. The van der Waals surface area contributed by atoms with Crippen LogP contribution in [0.4, 0.5) is 0 Å². The van der Waals surface area contributed by atoms with Gasteiger partial charge in [-0.05, 0) is 24.0 Å². The van der Waals surface area contributed by atoms with Crippen molar-refractivity contribution in [3.63, 3.8) is 0 Å². The summed E-state index contributed by atoms with van der Waals surface area (Å²) in [5.41, 5.74) is 1.16. The summed E-state index contributed by atoms with van der Waals surface area (Å²) in [6, 6.07) is 1.98. The third-order valence-electron chi connectivity index (χ3n) is 2.79. The molecule has 1 atom stereocenters. The lowest BCUT2D eigenvalue weighted by Crippen LogP contribution is -2.12. The van der Waals surface area contributed by atoms with Crippen molar-refractivity contribution < 1.29 is 0 Å². The molecule has 0 N–H and O–H groups in total. The van der Waals surface area contributed by atoms with E-state index in [1.165, 1.54) is 37.0 Å². The fourth-order valence-electron chi connectivity index (χ4n) is 1.71. The molecule has 0 aliphatic heterocycles. The minimum Gasteiger partial charge on any atom is -0.111 e. The molecule has 4 heteroatoms. The SMILES string of the molecule is Clc1cc(C(Br)CC2CCC2)c(Cl)s1. The van der Waals surface area contributed by atoms with Crippen molar-refractivity contribution >= 4 is 50.5 Å². The molecule has 1 aromatic rings. The Morgan fingerprint density at radius 2 is 2.21 bits per heavy atom. The van der Waals surface area contributed by atoms with Crippen LogP contribution in [0.25, 0.3) is 0 Å². The molecule has 1 aliphatic carbocycles. The average Bonchev–Trinajstić information content (AvgIpc) is 2.37. The van der Waals surface area contributed by atoms with Gasteiger partial charge in [0.15, 0.2) is 0 Å². The number of halogens is 3. The van der Waals surface area contributed by atoms with Gasteiger partial charge < -0.3 is 0 Å². The van der Waals surface area contributed by atoms with E-state index in [0.717, 1.165) is 20.2 Å². The summed E-state index contributed by atoms with van der Waals surface area (Å²) in [5.74, 6) is 0.883. The van der Waals surface area contributed by atoms with Gasteiger partial charge in [0, 0.05) is 4.83 Å². The highest BCUT2D eigenvalue weighted by atomic mass is 79.9. The fraction of sp³-hybridized carbons (Fsp3) is 0.600. The monoisotopic (exact) mass is 312 g/mol. The highest BCUT2D eigenvalue weighted by molar-refractivity contribution is 9.09. The molecule has 0 aromatic carbocycles.